The second kappa shape index (κ2) is 19.7. The van der Waals surface area contributed by atoms with Gasteiger partial charge in [-0.25, -0.2) is 19.9 Å². The lowest BCUT2D eigenvalue weighted by Crippen LogP contribution is -2.43. The quantitative estimate of drug-likeness (QED) is 0.0602. The Morgan fingerprint density at radius 3 is 1.48 bits per heavy atom. The lowest BCUT2D eigenvalue weighted by molar-refractivity contribution is 0.0921. The molecule has 2 saturated heterocycles. The molecule has 2 aliphatic heterocycles. The molecule has 2 aromatic carbocycles. The highest BCUT2D eigenvalue weighted by molar-refractivity contribution is 7.53. The summed E-state index contributed by atoms with van der Waals surface area (Å²) >= 11 is 0. The highest BCUT2D eigenvalue weighted by Gasteiger charge is 2.36. The first kappa shape index (κ1) is 46.2. The molecule has 4 aromatic heterocycles. The zero-order chi connectivity index (χ0) is 46.0. The van der Waals surface area contributed by atoms with E-state index in [1.807, 2.05) is 30.3 Å². The molecule has 4 aliphatic rings. The Hall–Kier alpha value is -4.90. The van der Waals surface area contributed by atoms with Crippen LogP contribution in [0.15, 0.2) is 73.6 Å². The summed E-state index contributed by atoms with van der Waals surface area (Å²) in [7, 11) is -7.56. The second-order valence-electron chi connectivity index (χ2n) is 17.8. The summed E-state index contributed by atoms with van der Waals surface area (Å²) in [4.78, 5) is 40.8. The number of anilines is 2. The van der Waals surface area contributed by atoms with Crippen molar-refractivity contribution in [2.24, 2.45) is 11.8 Å². The van der Waals surface area contributed by atoms with E-state index in [0.29, 0.717) is 48.4 Å². The van der Waals surface area contributed by atoms with E-state index in [1.54, 1.807) is 32.0 Å². The van der Waals surface area contributed by atoms with Crippen molar-refractivity contribution in [1.82, 2.24) is 38.9 Å². The first-order chi connectivity index (χ1) is 31.9. The Morgan fingerprint density at radius 1 is 0.652 bits per heavy atom. The van der Waals surface area contributed by atoms with Gasteiger partial charge in [-0.1, -0.05) is 24.3 Å². The van der Waals surface area contributed by atoms with Crippen LogP contribution in [0.4, 0.5) is 11.6 Å². The molecule has 20 heteroatoms. The Bertz CT molecular complexity index is 2730. The molecular formula is C46H60N10O8P2. The molecule has 18 nitrogen and oxygen atoms in total. The number of hydrogen-bond donors (Lipinski definition) is 4. The fourth-order valence-corrected chi connectivity index (χ4v) is 11.2. The van der Waals surface area contributed by atoms with Gasteiger partial charge in [-0.05, 0) is 126 Å². The van der Waals surface area contributed by atoms with Gasteiger partial charge in [0.15, 0.2) is 12.7 Å². The highest BCUT2D eigenvalue weighted by Crippen LogP contribution is 2.49. The number of nitrogens with zero attached hydrogens (tertiary/aromatic N) is 8. The molecule has 0 unspecified atom stereocenters. The van der Waals surface area contributed by atoms with Crippen LogP contribution in [-0.4, -0.2) is 114 Å². The number of aromatic nitrogens is 6. The van der Waals surface area contributed by atoms with Gasteiger partial charge < -0.3 is 58.7 Å². The molecule has 0 amide bonds. The summed E-state index contributed by atoms with van der Waals surface area (Å²) < 4.78 is 50.2. The van der Waals surface area contributed by atoms with Crippen molar-refractivity contribution >= 4 is 48.9 Å². The molecule has 0 radical (unpaired) electrons. The maximum Gasteiger partial charge on any atom is 0.367 e. The minimum Gasteiger partial charge on any atom is -0.481 e. The van der Waals surface area contributed by atoms with Crippen molar-refractivity contribution in [2.45, 2.75) is 64.5 Å². The predicted molar refractivity (Wildman–Crippen MR) is 254 cm³/mol. The van der Waals surface area contributed by atoms with Gasteiger partial charge in [-0.2, -0.15) is 0 Å². The van der Waals surface area contributed by atoms with Gasteiger partial charge in [-0.3, -0.25) is 9.13 Å². The van der Waals surface area contributed by atoms with Gasteiger partial charge in [0.25, 0.3) is 0 Å². The van der Waals surface area contributed by atoms with E-state index in [4.69, 9.17) is 39.8 Å². The predicted octanol–water partition coefficient (Wildman–Crippen LogP) is 7.79. The van der Waals surface area contributed by atoms with Crippen molar-refractivity contribution in [2.75, 3.05) is 76.6 Å². The van der Waals surface area contributed by atoms with E-state index >= 15 is 0 Å². The van der Waals surface area contributed by atoms with E-state index in [1.165, 1.54) is 64.8 Å². The Morgan fingerprint density at radius 2 is 1.09 bits per heavy atom. The lowest BCUT2D eigenvalue weighted by atomic mass is 9.79. The Labute approximate surface area is 384 Å². The molecule has 352 valence electrons. The average Bonchev–Trinajstić information content (AvgIpc) is 3.81. The zero-order valence-corrected chi connectivity index (χ0v) is 39.3. The van der Waals surface area contributed by atoms with Gasteiger partial charge in [0, 0.05) is 48.7 Å². The fourth-order valence-electron chi connectivity index (χ4n) is 9.55. The third kappa shape index (κ3) is 10.3. The normalized spacial score (nSPS) is 21.0. The molecule has 0 spiro atoms. The average molecular weight is 943 g/mol. The summed E-state index contributed by atoms with van der Waals surface area (Å²) in [5.41, 5.74) is 17.9. The van der Waals surface area contributed by atoms with Crippen molar-refractivity contribution in [3.05, 3.63) is 73.6 Å². The van der Waals surface area contributed by atoms with E-state index in [-0.39, 0.29) is 6.35 Å². The highest BCUT2D eigenvalue weighted by atomic mass is 31.2. The maximum atomic E-state index is 12.8. The van der Waals surface area contributed by atoms with E-state index in [2.05, 4.69) is 51.3 Å². The van der Waals surface area contributed by atoms with Crippen LogP contribution in [-0.2, 0) is 18.2 Å². The zero-order valence-electron chi connectivity index (χ0n) is 37.5. The topological polar surface area (TPSA) is 231 Å². The number of fused-ring (bicyclic) bond motifs is 2. The van der Waals surface area contributed by atoms with E-state index < -0.39 is 21.5 Å². The van der Waals surface area contributed by atoms with Crippen molar-refractivity contribution in [3.8, 4) is 33.8 Å². The van der Waals surface area contributed by atoms with Crippen LogP contribution in [0.5, 0.6) is 11.5 Å². The van der Waals surface area contributed by atoms with Gasteiger partial charge in [0.2, 0.25) is 0 Å². The molecule has 66 heavy (non-hydrogen) atoms. The van der Waals surface area contributed by atoms with Crippen LogP contribution < -0.4 is 20.9 Å². The van der Waals surface area contributed by atoms with E-state index in [0.717, 1.165) is 81.8 Å². The number of hydrogen-bond acceptors (Lipinski definition) is 14. The Kier molecular flexibility index (Phi) is 13.8. The summed E-state index contributed by atoms with van der Waals surface area (Å²) in [5.74, 6) is 3.30. The Balaban J connectivity index is 0.000000167. The molecule has 6 aromatic rings. The van der Waals surface area contributed by atoms with Crippen LogP contribution in [0.2, 0.25) is 0 Å². The molecule has 4 fully saturated rings. The van der Waals surface area contributed by atoms with Gasteiger partial charge in [0.05, 0.1) is 24.0 Å². The molecule has 0 bridgehead atoms. The minimum absolute atomic E-state index is 0.147. The third-order valence-electron chi connectivity index (χ3n) is 13.1. The van der Waals surface area contributed by atoms with Crippen LogP contribution in [0.3, 0.4) is 0 Å². The lowest BCUT2D eigenvalue weighted by Gasteiger charge is -2.42. The fraction of sp³-hybridized carbons (Fsp3) is 0.478. The van der Waals surface area contributed by atoms with Crippen molar-refractivity contribution < 1.29 is 37.4 Å². The first-order valence-electron chi connectivity index (χ1n) is 22.9. The minimum atomic E-state index is -4.26. The molecule has 0 atom stereocenters. The SMILES string of the molecule is CCOP(=O)(COc1cccc(-c2cn(C3CC(CN4CCC4)C3)c3ncnc(N)c23)c1)OCC.Nc1ncnc2c1c(-c1cccc(OCP(=O)(O)O)c1)cn2C1CC(CN2CCC2)C1. The summed E-state index contributed by atoms with van der Waals surface area (Å²) in [5, 5.41) is 1.64. The maximum absolute atomic E-state index is 12.8. The second-order valence-corrected chi connectivity index (χ2v) is 21.4. The number of ether oxygens (including phenoxy) is 2. The van der Waals surface area contributed by atoms with Crippen LogP contribution in [0.25, 0.3) is 44.3 Å². The summed E-state index contributed by atoms with van der Waals surface area (Å²) in [6.45, 7) is 11.5. The first-order valence-corrected chi connectivity index (χ1v) is 26.4. The number of benzene rings is 2. The summed E-state index contributed by atoms with van der Waals surface area (Å²) in [6, 6.07) is 15.6. The molecule has 6 heterocycles. The molecule has 6 N–H and O–H groups in total. The molecule has 2 saturated carbocycles. The number of rotatable bonds is 18. The van der Waals surface area contributed by atoms with Gasteiger partial charge in [-0.15, -0.1) is 0 Å². The van der Waals surface area contributed by atoms with E-state index in [9.17, 15) is 9.13 Å². The standard InChI is InChI=1S/C25H34N5O4P.C21H26N5O4P/c1-3-33-35(31,34-4-2)17-32-21-8-5-7-19(13-21)22-15-30(25-23(22)24(26)27-16-28-25)20-11-18(12-20)14-29-9-6-10-29;22-20-19-18(15-3-1-4-17(9-15)30-13-31(27,28)29)11-26(21(19)24-12-23-20)16-7-14(8-16)10-25-5-2-6-25/h5,7-8,13,15-16,18,20H,3-4,6,9-12,14,17H2,1-2H3,(H2,26,27,28);1,3-4,9,11-12,14,16H,2,5-8,10,13H2,(H2,22,23,24)(H2,27,28,29). The third-order valence-corrected chi connectivity index (χ3v) is 15.4. The van der Waals surface area contributed by atoms with Gasteiger partial charge in [0.1, 0.15) is 47.1 Å². The van der Waals surface area contributed by atoms with Gasteiger partial charge >= 0.3 is 15.2 Å². The molecule has 10 rings (SSSR count). The monoisotopic (exact) mass is 942 g/mol. The molecule has 2 aliphatic carbocycles. The van der Waals surface area contributed by atoms with Crippen molar-refractivity contribution in [3.63, 3.8) is 0 Å². The van der Waals surface area contributed by atoms with Crippen molar-refractivity contribution in [1.29, 1.82) is 0 Å². The van der Waals surface area contributed by atoms with Crippen LogP contribution in [0, 0.1) is 11.8 Å². The number of nitrogen functional groups attached to an aromatic ring is 2. The number of nitrogens with two attached hydrogens (primary N) is 2. The largest absolute Gasteiger partial charge is 0.481 e. The van der Waals surface area contributed by atoms with Crippen LogP contribution >= 0.6 is 15.2 Å². The summed E-state index contributed by atoms with van der Waals surface area (Å²) in [6.07, 6.45) is 13.6. The molecular weight excluding hydrogens is 883 g/mol. The smallest absolute Gasteiger partial charge is 0.367 e. The van der Waals surface area contributed by atoms with Crippen LogP contribution in [0.1, 0.15) is 64.5 Å². The number of likely N-dealkylation sites (tertiary alicyclic amines) is 2.